The van der Waals surface area contributed by atoms with E-state index in [2.05, 4.69) is 13.0 Å². The van der Waals surface area contributed by atoms with E-state index in [1.807, 2.05) is 24.5 Å². The summed E-state index contributed by atoms with van der Waals surface area (Å²) in [4.78, 5) is 0. The minimum Gasteiger partial charge on any atom is -1.00 e. The van der Waals surface area contributed by atoms with Crippen LogP contribution in [-0.4, -0.2) is 0 Å². The number of rotatable bonds is 1. The fourth-order valence-electron chi connectivity index (χ4n) is 1.31. The molecule has 1 nitrogen and oxygen atoms in total. The molecule has 58 valence electrons. The summed E-state index contributed by atoms with van der Waals surface area (Å²) < 4.78 is 5.34. The van der Waals surface area contributed by atoms with Crippen molar-refractivity contribution in [2.45, 2.75) is 13.3 Å². The first kappa shape index (κ1) is 9.45. The summed E-state index contributed by atoms with van der Waals surface area (Å²) in [5.41, 5.74) is 2.28. The van der Waals surface area contributed by atoms with Gasteiger partial charge in [-0.2, -0.15) is 0 Å². The summed E-state index contributed by atoms with van der Waals surface area (Å²) in [6.45, 7) is 2.14. The van der Waals surface area contributed by atoms with E-state index in [9.17, 15) is 0 Å². The van der Waals surface area contributed by atoms with Crippen LogP contribution in [0.25, 0.3) is 11.0 Å². The van der Waals surface area contributed by atoms with Crippen LogP contribution in [0.4, 0.5) is 0 Å². The second kappa shape index (κ2) is 3.85. The average Bonchev–Trinajstić information content (AvgIpc) is 2.47. The average molecular weight is 154 g/mol. The van der Waals surface area contributed by atoms with Crippen molar-refractivity contribution in [1.29, 1.82) is 0 Å². The van der Waals surface area contributed by atoms with Crippen molar-refractivity contribution in [2.75, 3.05) is 0 Å². The Bertz CT molecular complexity index is 370. The number of para-hydroxylation sites is 1. The van der Waals surface area contributed by atoms with Crippen LogP contribution in [0.3, 0.4) is 0 Å². The SMILES string of the molecule is CCc1coc2ccccc12.[H-].[Li+]. The maximum atomic E-state index is 5.34. The molecule has 0 amide bonds. The fraction of sp³-hybridized carbons (Fsp3) is 0.200. The van der Waals surface area contributed by atoms with Crippen molar-refractivity contribution in [1.82, 2.24) is 0 Å². The standard InChI is InChI=1S/C10H10O.Li.H/c1-2-8-7-11-10-6-4-3-5-9(8)10;;/h3-7H,2H2,1H3;;/q;+1;-1. The van der Waals surface area contributed by atoms with Crippen molar-refractivity contribution < 1.29 is 24.7 Å². The molecule has 12 heavy (non-hydrogen) atoms. The zero-order valence-electron chi connectivity index (χ0n) is 8.50. The van der Waals surface area contributed by atoms with Crippen LogP contribution in [0.1, 0.15) is 13.9 Å². The van der Waals surface area contributed by atoms with Crippen LogP contribution < -0.4 is 18.9 Å². The molecular formula is C10H11LiO. The van der Waals surface area contributed by atoms with E-state index >= 15 is 0 Å². The Balaban J connectivity index is 0.000000720. The van der Waals surface area contributed by atoms with Gasteiger partial charge in [0.2, 0.25) is 0 Å². The Hall–Kier alpha value is -0.643. The fourth-order valence-corrected chi connectivity index (χ4v) is 1.31. The summed E-state index contributed by atoms with van der Waals surface area (Å²) in [6.07, 6.45) is 2.88. The second-order valence-electron chi connectivity index (χ2n) is 2.61. The second-order valence-corrected chi connectivity index (χ2v) is 2.61. The maximum Gasteiger partial charge on any atom is 1.00 e. The van der Waals surface area contributed by atoms with E-state index in [1.165, 1.54) is 10.9 Å². The third-order valence-corrected chi connectivity index (χ3v) is 1.94. The number of hydrogen-bond acceptors (Lipinski definition) is 1. The summed E-state index contributed by atoms with van der Waals surface area (Å²) in [5, 5.41) is 1.25. The zero-order chi connectivity index (χ0) is 7.68. The largest absolute Gasteiger partial charge is 1.00 e. The number of furan rings is 1. The van der Waals surface area contributed by atoms with Gasteiger partial charge in [0.25, 0.3) is 0 Å². The Kier molecular flexibility index (Phi) is 3.03. The van der Waals surface area contributed by atoms with Crippen LogP contribution in [0.5, 0.6) is 0 Å². The topological polar surface area (TPSA) is 13.1 Å². The number of aryl methyl sites for hydroxylation is 1. The molecule has 1 aromatic heterocycles. The van der Waals surface area contributed by atoms with Gasteiger partial charge < -0.3 is 5.84 Å². The number of benzene rings is 1. The molecule has 0 saturated carbocycles. The minimum atomic E-state index is 0. The van der Waals surface area contributed by atoms with Crippen LogP contribution in [0.2, 0.25) is 0 Å². The molecule has 0 aliphatic carbocycles. The molecule has 0 radical (unpaired) electrons. The molecular weight excluding hydrogens is 143 g/mol. The van der Waals surface area contributed by atoms with Crippen molar-refractivity contribution in [2.24, 2.45) is 0 Å². The molecule has 0 aliphatic heterocycles. The Morgan fingerprint density at radius 2 is 2.08 bits per heavy atom. The molecule has 0 aliphatic rings. The molecule has 0 saturated heterocycles. The molecule has 2 heteroatoms. The Morgan fingerprint density at radius 1 is 1.33 bits per heavy atom. The van der Waals surface area contributed by atoms with Crippen LogP contribution in [-0.2, 0) is 6.42 Å². The normalized spacial score (nSPS) is 9.75. The third kappa shape index (κ3) is 1.43. The van der Waals surface area contributed by atoms with Gasteiger partial charge in [-0.1, -0.05) is 25.1 Å². The molecule has 2 rings (SSSR count). The molecule has 1 heterocycles. The molecule has 0 unspecified atom stereocenters. The van der Waals surface area contributed by atoms with Crippen molar-refractivity contribution in [3.05, 3.63) is 36.1 Å². The van der Waals surface area contributed by atoms with Crippen LogP contribution >= 0.6 is 0 Å². The molecule has 0 spiro atoms. The van der Waals surface area contributed by atoms with Gasteiger partial charge in [0.1, 0.15) is 5.58 Å². The van der Waals surface area contributed by atoms with Gasteiger partial charge in [-0.25, -0.2) is 0 Å². The van der Waals surface area contributed by atoms with Crippen LogP contribution in [0.15, 0.2) is 34.9 Å². The molecule has 0 fully saturated rings. The predicted octanol–water partition coefficient (Wildman–Crippen LogP) is 0.112. The van der Waals surface area contributed by atoms with E-state index in [0.717, 1.165) is 12.0 Å². The molecule has 1 aromatic carbocycles. The van der Waals surface area contributed by atoms with Gasteiger partial charge in [-0.15, -0.1) is 0 Å². The molecule has 2 aromatic rings. The van der Waals surface area contributed by atoms with Gasteiger partial charge in [0.05, 0.1) is 6.26 Å². The molecule has 0 N–H and O–H groups in total. The summed E-state index contributed by atoms with van der Waals surface area (Å²) >= 11 is 0. The quantitative estimate of drug-likeness (QED) is 0.531. The number of fused-ring (bicyclic) bond motifs is 1. The first-order valence-electron chi connectivity index (χ1n) is 3.87. The minimum absolute atomic E-state index is 0. The summed E-state index contributed by atoms with van der Waals surface area (Å²) in [6, 6.07) is 8.12. The van der Waals surface area contributed by atoms with Gasteiger partial charge in [-0.3, -0.25) is 0 Å². The van der Waals surface area contributed by atoms with E-state index in [4.69, 9.17) is 4.42 Å². The van der Waals surface area contributed by atoms with Gasteiger partial charge in [0, 0.05) is 5.39 Å². The van der Waals surface area contributed by atoms with Gasteiger partial charge >= 0.3 is 18.9 Å². The van der Waals surface area contributed by atoms with Gasteiger partial charge in [0.15, 0.2) is 0 Å². The molecule has 0 bridgehead atoms. The summed E-state index contributed by atoms with van der Waals surface area (Å²) in [5.74, 6) is 0. The van der Waals surface area contributed by atoms with E-state index < -0.39 is 0 Å². The van der Waals surface area contributed by atoms with E-state index in [0.29, 0.717) is 0 Å². The first-order valence-corrected chi connectivity index (χ1v) is 3.87. The van der Waals surface area contributed by atoms with E-state index in [-0.39, 0.29) is 20.3 Å². The Labute approximate surface area is 85.4 Å². The van der Waals surface area contributed by atoms with E-state index in [1.54, 1.807) is 0 Å². The zero-order valence-corrected chi connectivity index (χ0v) is 7.50. The number of hydrogen-bond donors (Lipinski definition) is 0. The van der Waals surface area contributed by atoms with Crippen LogP contribution in [0, 0.1) is 0 Å². The Morgan fingerprint density at radius 3 is 2.83 bits per heavy atom. The smallest absolute Gasteiger partial charge is 1.00 e. The molecule has 0 atom stereocenters. The predicted molar refractivity (Wildman–Crippen MR) is 46.7 cm³/mol. The summed E-state index contributed by atoms with van der Waals surface area (Å²) in [7, 11) is 0. The monoisotopic (exact) mass is 154 g/mol. The van der Waals surface area contributed by atoms with Gasteiger partial charge in [-0.05, 0) is 18.1 Å². The third-order valence-electron chi connectivity index (χ3n) is 1.94. The van der Waals surface area contributed by atoms with Crippen molar-refractivity contribution >= 4 is 11.0 Å². The van der Waals surface area contributed by atoms with Crippen molar-refractivity contribution in [3.8, 4) is 0 Å². The first-order chi connectivity index (χ1) is 5.42. The van der Waals surface area contributed by atoms with Crippen molar-refractivity contribution in [3.63, 3.8) is 0 Å². The maximum absolute atomic E-state index is 5.34.